The van der Waals surface area contributed by atoms with Gasteiger partial charge in [-0.1, -0.05) is 24.8 Å². The molecule has 3 saturated carbocycles. The Labute approximate surface area is 201 Å². The smallest absolute Gasteiger partial charge is 0.225 e. The predicted octanol–water partition coefficient (Wildman–Crippen LogP) is 3.59. The third-order valence-corrected chi connectivity index (χ3v) is 10.0. The van der Waals surface area contributed by atoms with E-state index in [4.69, 9.17) is 14.7 Å². The molecule has 0 radical (unpaired) electrons. The zero-order valence-corrected chi connectivity index (χ0v) is 20.5. The van der Waals surface area contributed by atoms with E-state index in [0.717, 1.165) is 17.8 Å². The van der Waals surface area contributed by atoms with Gasteiger partial charge >= 0.3 is 0 Å². The molecule has 0 aromatic heterocycles. The second-order valence-electron chi connectivity index (χ2n) is 11.2. The third kappa shape index (κ3) is 2.71. The number of aliphatic hydroxyl groups excluding tert-OH is 1. The van der Waals surface area contributed by atoms with Crippen LogP contribution in [-0.4, -0.2) is 57.2 Å². The van der Waals surface area contributed by atoms with E-state index in [2.05, 4.69) is 0 Å². The topological polar surface area (TPSA) is 96.6 Å². The molecular weight excluding hydrogens is 464 g/mol. The molecule has 4 aliphatic carbocycles. The van der Waals surface area contributed by atoms with Crippen molar-refractivity contribution in [2.75, 3.05) is 5.75 Å². The Morgan fingerprint density at radius 1 is 1.29 bits per heavy atom. The number of nitriles is 1. The molecule has 0 aromatic rings. The lowest BCUT2D eigenvalue weighted by Crippen LogP contribution is -2.70. The van der Waals surface area contributed by atoms with Crippen molar-refractivity contribution in [1.29, 1.82) is 5.26 Å². The summed E-state index contributed by atoms with van der Waals surface area (Å²) in [5.41, 5.74) is -6.21. The minimum Gasteiger partial charge on any atom is -0.390 e. The van der Waals surface area contributed by atoms with Gasteiger partial charge in [0, 0.05) is 16.7 Å². The standard InChI is InChI=1S/C25H29F2NO5S/c1-21(2)32-19-11-14-15-10-17(26)16-9-13(29)5-6-22(16,3)24(15,27)18(30)12-23(14,4)25(19,33-21)20(31)34-8-7-28/h5-6,9,14-15,17-19,30H,8,10-12H2,1-4H3/t14?,15?,17-,18?,19?,22?,23?,24-,25?/m0/s1. The Hall–Kier alpha value is -1.60. The van der Waals surface area contributed by atoms with E-state index in [1.807, 2.05) is 6.07 Å². The molecular formula is C25H29F2NO5S. The van der Waals surface area contributed by atoms with E-state index < -0.39 is 63.9 Å². The third-order valence-electron chi connectivity index (χ3n) is 9.19. The van der Waals surface area contributed by atoms with Gasteiger partial charge in [0.05, 0.1) is 24.0 Å². The van der Waals surface area contributed by atoms with E-state index in [0.29, 0.717) is 0 Å². The summed E-state index contributed by atoms with van der Waals surface area (Å²) in [5.74, 6) is -3.00. The summed E-state index contributed by atoms with van der Waals surface area (Å²) in [5, 5.41) is 20.1. The molecule has 9 atom stereocenters. The molecule has 7 unspecified atom stereocenters. The van der Waals surface area contributed by atoms with Crippen LogP contribution in [0.2, 0.25) is 0 Å². The molecule has 0 spiro atoms. The van der Waals surface area contributed by atoms with Gasteiger partial charge in [-0.2, -0.15) is 5.26 Å². The number of rotatable bonds is 2. The van der Waals surface area contributed by atoms with Crippen LogP contribution < -0.4 is 0 Å². The zero-order chi connectivity index (χ0) is 24.9. The van der Waals surface area contributed by atoms with Crippen LogP contribution in [0, 0.1) is 34.0 Å². The first-order valence-corrected chi connectivity index (χ1v) is 12.6. The number of fused-ring (bicyclic) bond motifs is 7. The number of carbonyl (C=O) groups excluding carboxylic acids is 2. The monoisotopic (exact) mass is 493 g/mol. The number of aliphatic hydroxyl groups is 1. The van der Waals surface area contributed by atoms with Crippen molar-refractivity contribution in [1.82, 2.24) is 0 Å². The van der Waals surface area contributed by atoms with E-state index in [1.54, 1.807) is 27.7 Å². The Morgan fingerprint density at radius 3 is 2.68 bits per heavy atom. The molecule has 184 valence electrons. The van der Waals surface area contributed by atoms with Gasteiger partial charge in [-0.25, -0.2) is 8.78 Å². The van der Waals surface area contributed by atoms with Crippen molar-refractivity contribution < 1.29 is 33.0 Å². The van der Waals surface area contributed by atoms with Gasteiger partial charge in [0.1, 0.15) is 6.17 Å². The van der Waals surface area contributed by atoms with Crippen LogP contribution in [0.25, 0.3) is 0 Å². The minimum atomic E-state index is -2.24. The molecule has 9 heteroatoms. The van der Waals surface area contributed by atoms with Crippen molar-refractivity contribution in [3.8, 4) is 6.07 Å². The fraction of sp³-hybridized carbons (Fsp3) is 0.720. The molecule has 1 heterocycles. The molecule has 5 rings (SSSR count). The number of alkyl halides is 2. The highest BCUT2D eigenvalue weighted by Gasteiger charge is 2.80. The number of hydrogen-bond acceptors (Lipinski definition) is 7. The van der Waals surface area contributed by atoms with Gasteiger partial charge in [0.2, 0.25) is 5.12 Å². The molecule has 6 nitrogen and oxygen atoms in total. The Bertz CT molecular complexity index is 1070. The molecule has 0 amide bonds. The van der Waals surface area contributed by atoms with Crippen molar-refractivity contribution in [3.05, 3.63) is 23.8 Å². The maximum absolute atomic E-state index is 17.3. The average molecular weight is 494 g/mol. The van der Waals surface area contributed by atoms with Gasteiger partial charge in [-0.05, 0) is 63.7 Å². The van der Waals surface area contributed by atoms with Crippen LogP contribution in [0.4, 0.5) is 8.78 Å². The first-order chi connectivity index (χ1) is 15.8. The molecule has 1 saturated heterocycles. The highest BCUT2D eigenvalue weighted by atomic mass is 32.2. The normalized spacial score (nSPS) is 50.5. The van der Waals surface area contributed by atoms with E-state index in [-0.39, 0.29) is 35.7 Å². The number of allylic oxidation sites excluding steroid dienone is 4. The highest BCUT2D eigenvalue weighted by Crippen LogP contribution is 2.72. The van der Waals surface area contributed by atoms with Gasteiger partial charge in [-0.3, -0.25) is 9.59 Å². The summed E-state index contributed by atoms with van der Waals surface area (Å²) in [7, 11) is 0. The van der Waals surface area contributed by atoms with Crippen LogP contribution >= 0.6 is 11.8 Å². The number of ketones is 1. The molecule has 1 N–H and O–H groups in total. The number of halogens is 2. The zero-order valence-electron chi connectivity index (χ0n) is 19.6. The fourth-order valence-electron chi connectivity index (χ4n) is 7.86. The SMILES string of the molecule is CC1(C)OC2CC3C4C[C@H](F)C5=CC(=O)C=CC5(C)[C@@]4(F)C(O)CC3(C)C2(C(=O)SCC#N)O1. The van der Waals surface area contributed by atoms with Gasteiger partial charge in [0.25, 0.3) is 0 Å². The molecule has 34 heavy (non-hydrogen) atoms. The molecule has 5 aliphatic rings. The van der Waals surface area contributed by atoms with E-state index >= 15 is 8.78 Å². The summed E-state index contributed by atoms with van der Waals surface area (Å²) in [6.45, 7) is 6.75. The van der Waals surface area contributed by atoms with Gasteiger partial charge < -0.3 is 14.6 Å². The largest absolute Gasteiger partial charge is 0.390 e. The Morgan fingerprint density at radius 2 is 2.00 bits per heavy atom. The highest BCUT2D eigenvalue weighted by molar-refractivity contribution is 8.14. The van der Waals surface area contributed by atoms with Crippen LogP contribution in [0.3, 0.4) is 0 Å². The van der Waals surface area contributed by atoms with Crippen LogP contribution in [0.1, 0.15) is 47.0 Å². The lowest BCUT2D eigenvalue weighted by molar-refractivity contribution is -0.246. The number of hydrogen-bond donors (Lipinski definition) is 1. The number of nitrogens with zero attached hydrogens (tertiary/aromatic N) is 1. The second-order valence-corrected chi connectivity index (χ2v) is 12.1. The summed E-state index contributed by atoms with van der Waals surface area (Å²) < 4.78 is 45.3. The predicted molar refractivity (Wildman–Crippen MR) is 120 cm³/mol. The Balaban J connectivity index is 1.64. The second kappa shape index (κ2) is 7.22. The van der Waals surface area contributed by atoms with Gasteiger partial charge in [-0.15, -0.1) is 0 Å². The molecule has 4 fully saturated rings. The average Bonchev–Trinajstić information content (AvgIpc) is 3.16. The first kappa shape index (κ1) is 24.1. The number of carbonyl (C=O) groups is 2. The maximum atomic E-state index is 17.3. The van der Waals surface area contributed by atoms with Gasteiger partial charge in [0.15, 0.2) is 22.8 Å². The summed E-state index contributed by atoms with van der Waals surface area (Å²) >= 11 is 0.832. The molecule has 0 aromatic carbocycles. The van der Waals surface area contributed by atoms with Crippen molar-refractivity contribution in [2.24, 2.45) is 22.7 Å². The van der Waals surface area contributed by atoms with Crippen LogP contribution in [0.5, 0.6) is 0 Å². The van der Waals surface area contributed by atoms with E-state index in [1.165, 1.54) is 12.2 Å². The molecule has 0 bridgehead atoms. The Kier molecular flexibility index (Phi) is 5.12. The fourth-order valence-corrected chi connectivity index (χ4v) is 8.67. The lowest BCUT2D eigenvalue weighted by atomic mass is 9.44. The summed E-state index contributed by atoms with van der Waals surface area (Å²) in [6.07, 6.45) is -0.0423. The first-order valence-electron chi connectivity index (χ1n) is 11.7. The minimum absolute atomic E-state index is 0.0589. The van der Waals surface area contributed by atoms with Crippen LogP contribution in [-0.2, 0) is 19.1 Å². The quantitative estimate of drug-likeness (QED) is 0.628. The van der Waals surface area contributed by atoms with Crippen LogP contribution in [0.15, 0.2) is 23.8 Å². The maximum Gasteiger partial charge on any atom is 0.225 e. The number of thioether (sulfide) groups is 1. The summed E-state index contributed by atoms with van der Waals surface area (Å²) in [4.78, 5) is 25.6. The number of ether oxygens (including phenoxy) is 2. The van der Waals surface area contributed by atoms with Crippen molar-refractivity contribution in [2.45, 2.75) is 82.4 Å². The lowest BCUT2D eigenvalue weighted by Gasteiger charge is -2.63. The van der Waals surface area contributed by atoms with Crippen molar-refractivity contribution in [3.63, 3.8) is 0 Å². The van der Waals surface area contributed by atoms with Crippen molar-refractivity contribution >= 4 is 22.7 Å². The van der Waals surface area contributed by atoms with E-state index in [9.17, 15) is 14.7 Å². The summed E-state index contributed by atoms with van der Waals surface area (Å²) in [6, 6.07) is 1.95. The molecule has 1 aliphatic heterocycles.